The second-order valence-electron chi connectivity index (χ2n) is 6.46. The van der Waals surface area contributed by atoms with Crippen LogP contribution in [-0.4, -0.2) is 83.9 Å². The molecule has 1 atom stereocenters. The first-order chi connectivity index (χ1) is 11.2. The Hall–Kier alpha value is -1.77. The number of likely N-dealkylation sites (N-methyl/N-ethyl adjacent to an activating group) is 1. The van der Waals surface area contributed by atoms with Crippen LogP contribution in [0.5, 0.6) is 0 Å². The third-order valence-corrected chi connectivity index (χ3v) is 4.69. The fraction of sp³-hybridized carbons (Fsp3) is 0.667. The van der Waals surface area contributed by atoms with E-state index < -0.39 is 0 Å². The zero-order valence-electron chi connectivity index (χ0n) is 13.2. The van der Waals surface area contributed by atoms with Crippen LogP contribution in [0.4, 0.5) is 5.95 Å². The summed E-state index contributed by atoms with van der Waals surface area (Å²) in [6, 6.07) is 1.54. The quantitative estimate of drug-likeness (QED) is 0.730. The highest BCUT2D eigenvalue weighted by Gasteiger charge is 2.51. The Morgan fingerprint density at radius 2 is 2.09 bits per heavy atom. The van der Waals surface area contributed by atoms with Crippen LogP contribution in [0.1, 0.15) is 6.42 Å². The predicted octanol–water partition coefficient (Wildman–Crippen LogP) is -0.470. The third kappa shape index (κ3) is 2.66. The number of carbonyl (C=O) groups excluding carboxylic acids is 1. The summed E-state index contributed by atoms with van der Waals surface area (Å²) in [7, 11) is 1.98. The molecule has 3 aliphatic rings. The van der Waals surface area contributed by atoms with Gasteiger partial charge in [0.25, 0.3) is 5.91 Å². The minimum Gasteiger partial charge on any atom is -0.368 e. The SMILES string of the molecule is CN1CC2(CN(c3ncccn3)C2)OC[C@H]1C(=O)N1CCCO1. The summed E-state index contributed by atoms with van der Waals surface area (Å²) in [4.78, 5) is 30.5. The molecule has 0 radical (unpaired) electrons. The van der Waals surface area contributed by atoms with E-state index in [1.807, 2.05) is 7.05 Å². The molecule has 0 aliphatic carbocycles. The summed E-state index contributed by atoms with van der Waals surface area (Å²) in [6.07, 6.45) is 4.39. The van der Waals surface area contributed by atoms with Crippen LogP contribution in [0, 0.1) is 0 Å². The van der Waals surface area contributed by atoms with Crippen LogP contribution >= 0.6 is 0 Å². The molecule has 1 aromatic rings. The van der Waals surface area contributed by atoms with Gasteiger partial charge in [-0.25, -0.2) is 15.0 Å². The molecule has 0 N–H and O–H groups in total. The highest BCUT2D eigenvalue weighted by molar-refractivity contribution is 5.81. The number of hydrogen-bond acceptors (Lipinski definition) is 7. The highest BCUT2D eigenvalue weighted by atomic mass is 16.7. The Kier molecular flexibility index (Phi) is 3.67. The fourth-order valence-electron chi connectivity index (χ4n) is 3.48. The minimum atomic E-state index is -0.263. The Balaban J connectivity index is 1.36. The van der Waals surface area contributed by atoms with Gasteiger partial charge in [0, 0.05) is 18.9 Å². The summed E-state index contributed by atoms with van der Waals surface area (Å²) in [5, 5.41) is 1.48. The van der Waals surface area contributed by atoms with E-state index in [0.717, 1.165) is 32.0 Å². The van der Waals surface area contributed by atoms with E-state index in [1.165, 1.54) is 5.06 Å². The molecule has 4 rings (SSSR count). The van der Waals surface area contributed by atoms with Gasteiger partial charge in [-0.2, -0.15) is 0 Å². The third-order valence-electron chi connectivity index (χ3n) is 4.69. The summed E-state index contributed by atoms with van der Waals surface area (Å²) >= 11 is 0. The van der Waals surface area contributed by atoms with Gasteiger partial charge >= 0.3 is 0 Å². The number of ether oxygens (including phenoxy) is 1. The van der Waals surface area contributed by atoms with Crippen LogP contribution in [0.3, 0.4) is 0 Å². The molecule has 3 aliphatic heterocycles. The van der Waals surface area contributed by atoms with Crippen molar-refractivity contribution in [2.45, 2.75) is 18.1 Å². The maximum atomic E-state index is 12.5. The van der Waals surface area contributed by atoms with Gasteiger partial charge < -0.3 is 9.64 Å². The summed E-state index contributed by atoms with van der Waals surface area (Å²) in [6.45, 7) is 3.93. The first-order valence-corrected chi connectivity index (χ1v) is 7.97. The standard InChI is InChI=1S/C15H21N5O3/c1-18-9-15(10-19(11-15)14-16-4-2-5-17-14)22-8-12(18)13(21)20-6-3-7-23-20/h2,4-5,12H,3,6-11H2,1H3/t12-/m0/s1. The Morgan fingerprint density at radius 1 is 1.30 bits per heavy atom. The van der Waals surface area contributed by atoms with E-state index in [9.17, 15) is 4.79 Å². The molecular weight excluding hydrogens is 298 g/mol. The number of carbonyl (C=O) groups is 1. The maximum absolute atomic E-state index is 12.5. The lowest BCUT2D eigenvalue weighted by atomic mass is 9.91. The van der Waals surface area contributed by atoms with Crippen molar-refractivity contribution in [2.75, 3.05) is 51.3 Å². The first kappa shape index (κ1) is 14.8. The van der Waals surface area contributed by atoms with Gasteiger partial charge in [-0.15, -0.1) is 0 Å². The van der Waals surface area contributed by atoms with E-state index in [2.05, 4.69) is 19.8 Å². The van der Waals surface area contributed by atoms with Gasteiger partial charge in [0.1, 0.15) is 11.6 Å². The van der Waals surface area contributed by atoms with Crippen LogP contribution < -0.4 is 4.90 Å². The molecule has 3 saturated heterocycles. The van der Waals surface area contributed by atoms with Crippen molar-refractivity contribution >= 4 is 11.9 Å². The van der Waals surface area contributed by atoms with Crippen molar-refractivity contribution in [2.24, 2.45) is 0 Å². The number of hydrogen-bond donors (Lipinski definition) is 0. The number of morpholine rings is 1. The molecule has 0 unspecified atom stereocenters. The normalized spacial score (nSPS) is 27.3. The Labute approximate surface area is 134 Å². The molecule has 8 nitrogen and oxygen atoms in total. The molecule has 8 heteroatoms. The minimum absolute atomic E-state index is 0.00224. The highest BCUT2D eigenvalue weighted by Crippen LogP contribution is 2.32. The number of nitrogens with zero attached hydrogens (tertiary/aromatic N) is 5. The zero-order chi connectivity index (χ0) is 15.9. The van der Waals surface area contributed by atoms with E-state index in [4.69, 9.17) is 9.57 Å². The average molecular weight is 319 g/mol. The topological polar surface area (TPSA) is 71.0 Å². The largest absolute Gasteiger partial charge is 0.368 e. The molecule has 3 fully saturated rings. The molecular formula is C15H21N5O3. The van der Waals surface area contributed by atoms with Crippen LogP contribution in [0.25, 0.3) is 0 Å². The predicted molar refractivity (Wildman–Crippen MR) is 81.6 cm³/mol. The van der Waals surface area contributed by atoms with Crippen molar-refractivity contribution in [3.8, 4) is 0 Å². The Bertz CT molecular complexity index is 572. The van der Waals surface area contributed by atoms with Crippen molar-refractivity contribution < 1.29 is 14.4 Å². The van der Waals surface area contributed by atoms with Gasteiger partial charge in [0.05, 0.1) is 32.8 Å². The molecule has 0 bridgehead atoms. The molecule has 23 heavy (non-hydrogen) atoms. The van der Waals surface area contributed by atoms with Crippen molar-refractivity contribution in [1.29, 1.82) is 0 Å². The number of rotatable bonds is 2. The first-order valence-electron chi connectivity index (χ1n) is 7.97. The molecule has 1 amide bonds. The second-order valence-corrected chi connectivity index (χ2v) is 6.46. The lowest BCUT2D eigenvalue weighted by molar-refractivity contribution is -0.191. The monoisotopic (exact) mass is 319 g/mol. The molecule has 1 aromatic heterocycles. The second kappa shape index (κ2) is 5.70. The molecule has 0 aromatic carbocycles. The van der Waals surface area contributed by atoms with Crippen LogP contribution in [0.15, 0.2) is 18.5 Å². The van der Waals surface area contributed by atoms with Gasteiger partial charge in [0.2, 0.25) is 5.95 Å². The fourth-order valence-corrected chi connectivity index (χ4v) is 3.48. The molecule has 1 spiro atoms. The van der Waals surface area contributed by atoms with E-state index in [1.54, 1.807) is 18.5 Å². The van der Waals surface area contributed by atoms with Gasteiger partial charge in [-0.1, -0.05) is 0 Å². The van der Waals surface area contributed by atoms with E-state index >= 15 is 0 Å². The van der Waals surface area contributed by atoms with Crippen molar-refractivity contribution in [1.82, 2.24) is 19.9 Å². The number of amides is 1. The van der Waals surface area contributed by atoms with Crippen LogP contribution in [0.2, 0.25) is 0 Å². The summed E-state index contributed by atoms with van der Waals surface area (Å²) in [5.41, 5.74) is -0.226. The summed E-state index contributed by atoms with van der Waals surface area (Å²) < 4.78 is 6.07. The number of anilines is 1. The van der Waals surface area contributed by atoms with Crippen molar-refractivity contribution in [3.05, 3.63) is 18.5 Å². The van der Waals surface area contributed by atoms with E-state index in [0.29, 0.717) is 19.8 Å². The Morgan fingerprint density at radius 3 is 2.74 bits per heavy atom. The molecule has 124 valence electrons. The smallest absolute Gasteiger partial charge is 0.265 e. The number of hydroxylamine groups is 2. The van der Waals surface area contributed by atoms with Gasteiger partial charge in [0.15, 0.2) is 0 Å². The van der Waals surface area contributed by atoms with Gasteiger partial charge in [-0.3, -0.25) is 14.5 Å². The van der Waals surface area contributed by atoms with E-state index in [-0.39, 0.29) is 17.6 Å². The summed E-state index contributed by atoms with van der Waals surface area (Å²) in [5.74, 6) is 0.732. The maximum Gasteiger partial charge on any atom is 0.265 e. The number of aromatic nitrogens is 2. The van der Waals surface area contributed by atoms with Crippen molar-refractivity contribution in [3.63, 3.8) is 0 Å². The van der Waals surface area contributed by atoms with Crippen LogP contribution in [-0.2, 0) is 14.4 Å². The average Bonchev–Trinajstić information content (AvgIpc) is 3.07. The lowest BCUT2D eigenvalue weighted by Gasteiger charge is -2.54. The zero-order valence-corrected chi connectivity index (χ0v) is 13.2. The van der Waals surface area contributed by atoms with Gasteiger partial charge in [-0.05, 0) is 19.5 Å². The lowest BCUT2D eigenvalue weighted by Crippen LogP contribution is -2.72. The molecule has 0 saturated carbocycles. The molecule has 4 heterocycles.